The van der Waals surface area contributed by atoms with E-state index in [1.807, 2.05) is 13.8 Å². The van der Waals surface area contributed by atoms with Crippen LogP contribution in [0.3, 0.4) is 0 Å². The molecule has 0 saturated heterocycles. The minimum Gasteiger partial charge on any atom is -0.477 e. The molecule has 0 aliphatic rings. The molecular formula is C9H14N2O3. The Kier molecular flexibility index (Phi) is 2.90. The number of nitrogens with zero attached hydrogens (tertiary/aromatic N) is 1. The SMILES string of the molecule is Cc1onc(C(N)C(C)C)c1C(=O)O. The number of aromatic carboxylic acids is 1. The Morgan fingerprint density at radius 1 is 1.57 bits per heavy atom. The Bertz CT molecular complexity index is 344. The first kappa shape index (κ1) is 10.7. The molecule has 1 heterocycles. The van der Waals surface area contributed by atoms with E-state index < -0.39 is 12.0 Å². The molecule has 0 spiro atoms. The number of aromatic nitrogens is 1. The highest BCUT2D eigenvalue weighted by Crippen LogP contribution is 2.23. The summed E-state index contributed by atoms with van der Waals surface area (Å²) in [7, 11) is 0. The molecule has 1 aromatic heterocycles. The molecule has 5 heteroatoms. The predicted octanol–water partition coefficient (Wildman–Crippen LogP) is 1.34. The summed E-state index contributed by atoms with van der Waals surface area (Å²) in [6.45, 7) is 5.37. The van der Waals surface area contributed by atoms with Crippen molar-refractivity contribution < 1.29 is 14.4 Å². The average molecular weight is 198 g/mol. The van der Waals surface area contributed by atoms with E-state index in [1.165, 1.54) is 0 Å². The minimum atomic E-state index is -1.05. The van der Waals surface area contributed by atoms with Crippen LogP contribution in [0.15, 0.2) is 4.52 Å². The molecule has 0 bridgehead atoms. The van der Waals surface area contributed by atoms with Crippen molar-refractivity contribution in [3.8, 4) is 0 Å². The highest BCUT2D eigenvalue weighted by molar-refractivity contribution is 5.90. The largest absolute Gasteiger partial charge is 0.477 e. The number of hydrogen-bond acceptors (Lipinski definition) is 4. The van der Waals surface area contributed by atoms with Gasteiger partial charge >= 0.3 is 5.97 Å². The van der Waals surface area contributed by atoms with Crippen molar-refractivity contribution in [2.45, 2.75) is 26.8 Å². The first-order valence-corrected chi connectivity index (χ1v) is 4.40. The van der Waals surface area contributed by atoms with Crippen molar-refractivity contribution in [2.75, 3.05) is 0 Å². The van der Waals surface area contributed by atoms with Crippen LogP contribution in [-0.4, -0.2) is 16.2 Å². The molecule has 1 unspecified atom stereocenters. The smallest absolute Gasteiger partial charge is 0.341 e. The molecule has 1 atom stereocenters. The molecule has 14 heavy (non-hydrogen) atoms. The van der Waals surface area contributed by atoms with Gasteiger partial charge in [0.1, 0.15) is 17.0 Å². The molecule has 0 aromatic carbocycles. The summed E-state index contributed by atoms with van der Waals surface area (Å²) in [4.78, 5) is 10.9. The van der Waals surface area contributed by atoms with Crippen molar-refractivity contribution in [2.24, 2.45) is 11.7 Å². The van der Waals surface area contributed by atoms with Crippen LogP contribution in [0.4, 0.5) is 0 Å². The fourth-order valence-electron chi connectivity index (χ4n) is 1.19. The number of carboxylic acids is 1. The normalized spacial score (nSPS) is 13.2. The zero-order chi connectivity index (χ0) is 10.9. The summed E-state index contributed by atoms with van der Waals surface area (Å²) in [6.07, 6.45) is 0. The van der Waals surface area contributed by atoms with E-state index in [2.05, 4.69) is 5.16 Å². The zero-order valence-electron chi connectivity index (χ0n) is 8.44. The van der Waals surface area contributed by atoms with Crippen LogP contribution in [0.2, 0.25) is 0 Å². The molecule has 5 nitrogen and oxygen atoms in total. The number of aryl methyl sites for hydroxylation is 1. The van der Waals surface area contributed by atoms with Gasteiger partial charge < -0.3 is 15.4 Å². The van der Waals surface area contributed by atoms with Gasteiger partial charge in [-0.3, -0.25) is 0 Å². The summed E-state index contributed by atoms with van der Waals surface area (Å²) >= 11 is 0. The predicted molar refractivity (Wildman–Crippen MR) is 50.0 cm³/mol. The van der Waals surface area contributed by atoms with Gasteiger partial charge in [0.25, 0.3) is 0 Å². The van der Waals surface area contributed by atoms with Crippen LogP contribution in [0.25, 0.3) is 0 Å². The van der Waals surface area contributed by atoms with E-state index in [1.54, 1.807) is 6.92 Å². The maximum Gasteiger partial charge on any atom is 0.341 e. The van der Waals surface area contributed by atoms with Gasteiger partial charge in [0.05, 0.1) is 6.04 Å². The Morgan fingerprint density at radius 3 is 2.57 bits per heavy atom. The molecule has 78 valence electrons. The Morgan fingerprint density at radius 2 is 2.14 bits per heavy atom. The lowest BCUT2D eigenvalue weighted by atomic mass is 9.98. The minimum absolute atomic E-state index is 0.0891. The Hall–Kier alpha value is -1.36. The van der Waals surface area contributed by atoms with Crippen molar-refractivity contribution in [1.82, 2.24) is 5.16 Å². The maximum atomic E-state index is 10.9. The van der Waals surface area contributed by atoms with Gasteiger partial charge in [0.15, 0.2) is 0 Å². The third kappa shape index (κ3) is 1.77. The molecule has 0 amide bonds. The van der Waals surface area contributed by atoms with Gasteiger partial charge in [-0.2, -0.15) is 0 Å². The topological polar surface area (TPSA) is 89.4 Å². The standard InChI is InChI=1S/C9H14N2O3/c1-4(2)7(10)8-6(9(12)13)5(3)14-11-8/h4,7H,10H2,1-3H3,(H,12,13). The lowest BCUT2D eigenvalue weighted by Crippen LogP contribution is -2.20. The maximum absolute atomic E-state index is 10.9. The monoisotopic (exact) mass is 198 g/mol. The van der Waals surface area contributed by atoms with Crippen molar-refractivity contribution in [1.29, 1.82) is 0 Å². The van der Waals surface area contributed by atoms with E-state index >= 15 is 0 Å². The second kappa shape index (κ2) is 3.79. The number of rotatable bonds is 3. The summed E-state index contributed by atoms with van der Waals surface area (Å²) < 4.78 is 4.82. The van der Waals surface area contributed by atoms with Crippen LogP contribution < -0.4 is 5.73 Å². The van der Waals surface area contributed by atoms with Gasteiger partial charge in [-0.15, -0.1) is 0 Å². The third-order valence-electron chi connectivity index (χ3n) is 2.14. The second-order valence-corrected chi connectivity index (χ2v) is 3.57. The number of nitrogens with two attached hydrogens (primary N) is 1. The van der Waals surface area contributed by atoms with Crippen molar-refractivity contribution >= 4 is 5.97 Å². The lowest BCUT2D eigenvalue weighted by Gasteiger charge is -2.12. The Balaban J connectivity index is 3.15. The fourth-order valence-corrected chi connectivity index (χ4v) is 1.19. The molecule has 1 aromatic rings. The van der Waals surface area contributed by atoms with Gasteiger partial charge in [0.2, 0.25) is 0 Å². The lowest BCUT2D eigenvalue weighted by molar-refractivity contribution is 0.0693. The highest BCUT2D eigenvalue weighted by Gasteiger charge is 2.25. The van der Waals surface area contributed by atoms with E-state index in [0.717, 1.165) is 0 Å². The molecule has 0 fully saturated rings. The first-order chi connectivity index (χ1) is 6.45. The number of hydrogen-bond donors (Lipinski definition) is 2. The molecule has 0 aliphatic carbocycles. The summed E-state index contributed by atoms with van der Waals surface area (Å²) in [5.41, 5.74) is 6.22. The summed E-state index contributed by atoms with van der Waals surface area (Å²) in [6, 6.07) is -0.404. The van der Waals surface area contributed by atoms with Gasteiger partial charge in [0, 0.05) is 0 Å². The molecular weight excluding hydrogens is 184 g/mol. The van der Waals surface area contributed by atoms with Crippen molar-refractivity contribution in [3.63, 3.8) is 0 Å². The van der Waals surface area contributed by atoms with Crippen molar-refractivity contribution in [3.05, 3.63) is 17.0 Å². The van der Waals surface area contributed by atoms with Crippen LogP contribution in [0, 0.1) is 12.8 Å². The van der Waals surface area contributed by atoms with E-state index in [4.69, 9.17) is 15.4 Å². The van der Waals surface area contributed by atoms with E-state index in [-0.39, 0.29) is 11.5 Å². The molecule has 3 N–H and O–H groups in total. The average Bonchev–Trinajstić information content (AvgIpc) is 2.45. The molecule has 0 saturated carbocycles. The van der Waals surface area contributed by atoms with Crippen LogP contribution >= 0.6 is 0 Å². The molecule has 1 rings (SSSR count). The molecule has 0 radical (unpaired) electrons. The van der Waals surface area contributed by atoms with E-state index in [0.29, 0.717) is 11.5 Å². The number of carboxylic acid groups (broad SMARTS) is 1. The molecule has 0 aliphatic heterocycles. The Labute approximate surface area is 81.9 Å². The summed E-state index contributed by atoms with van der Waals surface area (Å²) in [5, 5.41) is 12.6. The first-order valence-electron chi connectivity index (χ1n) is 4.40. The summed E-state index contributed by atoms with van der Waals surface area (Å²) in [5.74, 6) is -0.629. The van der Waals surface area contributed by atoms with Gasteiger partial charge in [-0.05, 0) is 12.8 Å². The van der Waals surface area contributed by atoms with Crippen LogP contribution in [0.1, 0.15) is 41.7 Å². The fraction of sp³-hybridized carbons (Fsp3) is 0.556. The van der Waals surface area contributed by atoms with Crippen LogP contribution in [-0.2, 0) is 0 Å². The number of carbonyl (C=O) groups is 1. The van der Waals surface area contributed by atoms with E-state index in [9.17, 15) is 4.79 Å². The third-order valence-corrected chi connectivity index (χ3v) is 2.14. The zero-order valence-corrected chi connectivity index (χ0v) is 8.44. The second-order valence-electron chi connectivity index (χ2n) is 3.57. The van der Waals surface area contributed by atoms with Gasteiger partial charge in [-0.25, -0.2) is 4.79 Å². The quantitative estimate of drug-likeness (QED) is 0.764. The van der Waals surface area contributed by atoms with Crippen LogP contribution in [0.5, 0.6) is 0 Å². The van der Waals surface area contributed by atoms with Gasteiger partial charge in [-0.1, -0.05) is 19.0 Å². The highest BCUT2D eigenvalue weighted by atomic mass is 16.5.